The average Bonchev–Trinajstić information content (AvgIpc) is 2.27. The molecule has 0 aliphatic rings. The van der Waals surface area contributed by atoms with E-state index in [9.17, 15) is 10.1 Å². The van der Waals surface area contributed by atoms with Crippen LogP contribution in [0.25, 0.3) is 0 Å². The van der Waals surface area contributed by atoms with E-state index in [0.717, 1.165) is 13.1 Å². The molecule has 2 N–H and O–H groups in total. The van der Waals surface area contributed by atoms with Crippen molar-refractivity contribution in [3.63, 3.8) is 0 Å². The number of nitrogens with one attached hydrogen (secondary N) is 2. The lowest BCUT2D eigenvalue weighted by molar-refractivity contribution is -0.385. The van der Waals surface area contributed by atoms with Crippen LogP contribution in [-0.4, -0.2) is 30.0 Å². The van der Waals surface area contributed by atoms with E-state index < -0.39 is 4.92 Å². The summed E-state index contributed by atoms with van der Waals surface area (Å²) in [5.74, 6) is 1.13. The second kappa shape index (κ2) is 6.02. The maximum Gasteiger partial charge on any atom is 0.287 e. The number of aromatic nitrogens is 1. The van der Waals surface area contributed by atoms with Crippen LogP contribution >= 0.6 is 0 Å². The summed E-state index contributed by atoms with van der Waals surface area (Å²) in [4.78, 5) is 13.9. The van der Waals surface area contributed by atoms with Crippen LogP contribution in [0, 0.1) is 16.0 Å². The van der Waals surface area contributed by atoms with Crippen molar-refractivity contribution in [2.75, 3.05) is 25.5 Å². The second-order valence-electron chi connectivity index (χ2n) is 3.70. The Morgan fingerprint density at radius 2 is 2.25 bits per heavy atom. The molecular formula is C10H16N4O2. The summed E-state index contributed by atoms with van der Waals surface area (Å²) >= 11 is 0. The van der Waals surface area contributed by atoms with Crippen molar-refractivity contribution in [1.82, 2.24) is 10.3 Å². The summed E-state index contributed by atoms with van der Waals surface area (Å²) in [6.07, 6.45) is 1.26. The Hall–Kier alpha value is -1.69. The Balaban J connectivity index is 2.46. The van der Waals surface area contributed by atoms with Gasteiger partial charge < -0.3 is 10.6 Å². The topological polar surface area (TPSA) is 80.1 Å². The summed E-state index contributed by atoms with van der Waals surface area (Å²) in [6, 6.07) is 3.06. The molecular weight excluding hydrogens is 208 g/mol. The van der Waals surface area contributed by atoms with Gasteiger partial charge >= 0.3 is 0 Å². The summed E-state index contributed by atoms with van der Waals surface area (Å²) in [5, 5.41) is 16.6. The first-order valence-electron chi connectivity index (χ1n) is 5.12. The van der Waals surface area contributed by atoms with Crippen molar-refractivity contribution in [3.05, 3.63) is 28.4 Å². The molecule has 88 valence electrons. The number of anilines is 1. The molecule has 0 aliphatic heterocycles. The number of pyridine rings is 1. The molecule has 0 fully saturated rings. The molecule has 1 aromatic heterocycles. The Labute approximate surface area is 94.2 Å². The molecule has 1 rings (SSSR count). The van der Waals surface area contributed by atoms with Gasteiger partial charge in [-0.2, -0.15) is 0 Å². The van der Waals surface area contributed by atoms with Gasteiger partial charge in [-0.15, -0.1) is 0 Å². The maximum absolute atomic E-state index is 10.4. The van der Waals surface area contributed by atoms with Gasteiger partial charge in [0.05, 0.1) is 4.92 Å². The molecule has 6 heteroatoms. The standard InChI is InChI=1S/C10H16N4O2/c1-8(5-11-2)6-12-10-4-3-9(7-13-10)14(15)16/h3-4,7-8,11H,5-6H2,1-2H3,(H,12,13). The molecule has 1 aromatic rings. The van der Waals surface area contributed by atoms with Gasteiger partial charge in [0, 0.05) is 12.6 Å². The third-order valence-corrected chi connectivity index (χ3v) is 2.14. The highest BCUT2D eigenvalue weighted by Gasteiger charge is 2.05. The van der Waals surface area contributed by atoms with Gasteiger partial charge in [0.25, 0.3) is 5.69 Å². The molecule has 16 heavy (non-hydrogen) atoms. The monoisotopic (exact) mass is 224 g/mol. The minimum absolute atomic E-state index is 0.00817. The minimum Gasteiger partial charge on any atom is -0.370 e. The van der Waals surface area contributed by atoms with E-state index in [1.807, 2.05) is 7.05 Å². The smallest absolute Gasteiger partial charge is 0.287 e. The zero-order valence-corrected chi connectivity index (χ0v) is 9.43. The zero-order chi connectivity index (χ0) is 12.0. The van der Waals surface area contributed by atoms with Crippen molar-refractivity contribution in [3.8, 4) is 0 Å². The summed E-state index contributed by atoms with van der Waals surface area (Å²) < 4.78 is 0. The Bertz CT molecular complexity index is 339. The lowest BCUT2D eigenvalue weighted by atomic mass is 10.2. The SMILES string of the molecule is CNCC(C)CNc1ccc([N+](=O)[O-])cn1. The Morgan fingerprint density at radius 3 is 2.75 bits per heavy atom. The molecule has 0 bridgehead atoms. The highest BCUT2D eigenvalue weighted by atomic mass is 16.6. The van der Waals surface area contributed by atoms with E-state index in [1.54, 1.807) is 6.07 Å². The van der Waals surface area contributed by atoms with Gasteiger partial charge in [0.15, 0.2) is 0 Å². The third kappa shape index (κ3) is 3.82. The van der Waals surface area contributed by atoms with E-state index in [1.165, 1.54) is 12.3 Å². The zero-order valence-electron chi connectivity index (χ0n) is 9.43. The van der Waals surface area contributed by atoms with Crippen molar-refractivity contribution in [2.45, 2.75) is 6.92 Å². The van der Waals surface area contributed by atoms with Gasteiger partial charge in [-0.25, -0.2) is 4.98 Å². The lowest BCUT2D eigenvalue weighted by Crippen LogP contribution is -2.23. The van der Waals surface area contributed by atoms with E-state index in [0.29, 0.717) is 11.7 Å². The summed E-state index contributed by atoms with van der Waals surface area (Å²) in [6.45, 7) is 3.81. The molecule has 1 unspecified atom stereocenters. The van der Waals surface area contributed by atoms with Crippen LogP contribution < -0.4 is 10.6 Å². The van der Waals surface area contributed by atoms with Crippen molar-refractivity contribution < 1.29 is 4.92 Å². The predicted octanol–water partition coefficient (Wildman–Crippen LogP) is 1.26. The van der Waals surface area contributed by atoms with Gasteiger partial charge in [-0.05, 0) is 25.6 Å². The maximum atomic E-state index is 10.4. The average molecular weight is 224 g/mol. The highest BCUT2D eigenvalue weighted by molar-refractivity contribution is 5.39. The van der Waals surface area contributed by atoms with Crippen molar-refractivity contribution in [2.24, 2.45) is 5.92 Å². The molecule has 0 aromatic carbocycles. The fraction of sp³-hybridized carbons (Fsp3) is 0.500. The van der Waals surface area contributed by atoms with Crippen LogP contribution in [0.1, 0.15) is 6.92 Å². The van der Waals surface area contributed by atoms with E-state index in [2.05, 4.69) is 22.5 Å². The van der Waals surface area contributed by atoms with Crippen LogP contribution in [0.4, 0.5) is 11.5 Å². The van der Waals surface area contributed by atoms with Crippen LogP contribution in [0.3, 0.4) is 0 Å². The first kappa shape index (κ1) is 12.4. The number of hydrogen-bond donors (Lipinski definition) is 2. The molecule has 0 amide bonds. The van der Waals surface area contributed by atoms with E-state index in [-0.39, 0.29) is 5.69 Å². The van der Waals surface area contributed by atoms with Crippen LogP contribution in [0.15, 0.2) is 18.3 Å². The number of nitro groups is 1. The fourth-order valence-corrected chi connectivity index (χ4v) is 1.30. The summed E-state index contributed by atoms with van der Waals surface area (Å²) in [7, 11) is 1.90. The first-order chi connectivity index (χ1) is 7.63. The number of hydrogen-bond acceptors (Lipinski definition) is 5. The molecule has 6 nitrogen and oxygen atoms in total. The van der Waals surface area contributed by atoms with Crippen LogP contribution in [0.5, 0.6) is 0 Å². The molecule has 1 atom stereocenters. The molecule has 0 radical (unpaired) electrons. The Kier molecular flexibility index (Phi) is 4.65. The third-order valence-electron chi connectivity index (χ3n) is 2.14. The number of nitrogens with zero attached hydrogens (tertiary/aromatic N) is 2. The quantitative estimate of drug-likeness (QED) is 0.561. The molecule has 0 spiro atoms. The van der Waals surface area contributed by atoms with Gasteiger partial charge in [0.1, 0.15) is 12.0 Å². The van der Waals surface area contributed by atoms with Gasteiger partial charge in [-0.3, -0.25) is 10.1 Å². The molecule has 0 aliphatic carbocycles. The number of rotatable bonds is 6. The first-order valence-corrected chi connectivity index (χ1v) is 5.12. The highest BCUT2D eigenvalue weighted by Crippen LogP contribution is 2.11. The van der Waals surface area contributed by atoms with E-state index in [4.69, 9.17) is 0 Å². The van der Waals surface area contributed by atoms with Gasteiger partial charge in [-0.1, -0.05) is 6.92 Å². The van der Waals surface area contributed by atoms with Gasteiger partial charge in [0.2, 0.25) is 0 Å². The predicted molar refractivity (Wildman–Crippen MR) is 62.5 cm³/mol. The lowest BCUT2D eigenvalue weighted by Gasteiger charge is -2.11. The normalized spacial score (nSPS) is 12.1. The van der Waals surface area contributed by atoms with Crippen LogP contribution in [0.2, 0.25) is 0 Å². The van der Waals surface area contributed by atoms with E-state index >= 15 is 0 Å². The molecule has 0 saturated heterocycles. The Morgan fingerprint density at radius 1 is 1.50 bits per heavy atom. The minimum atomic E-state index is -0.458. The fourth-order valence-electron chi connectivity index (χ4n) is 1.30. The van der Waals surface area contributed by atoms with Crippen LogP contribution in [-0.2, 0) is 0 Å². The molecule has 1 heterocycles. The van der Waals surface area contributed by atoms with Crippen molar-refractivity contribution >= 4 is 11.5 Å². The largest absolute Gasteiger partial charge is 0.370 e. The summed E-state index contributed by atoms with van der Waals surface area (Å²) in [5.41, 5.74) is 0.00817. The van der Waals surface area contributed by atoms with Crippen molar-refractivity contribution in [1.29, 1.82) is 0 Å². The molecule has 0 saturated carbocycles. The second-order valence-corrected chi connectivity index (χ2v) is 3.70.